The first-order valence-corrected chi connectivity index (χ1v) is 5.55. The molecule has 0 radical (unpaired) electrons. The predicted octanol–water partition coefficient (Wildman–Crippen LogP) is 1.50. The molecule has 1 aliphatic heterocycles. The van der Waals surface area contributed by atoms with Gasteiger partial charge in [0.25, 0.3) is 0 Å². The van der Waals surface area contributed by atoms with E-state index in [4.69, 9.17) is 9.26 Å². The zero-order chi connectivity index (χ0) is 10.5. The van der Waals surface area contributed by atoms with Crippen molar-refractivity contribution in [2.24, 2.45) is 5.92 Å². The highest BCUT2D eigenvalue weighted by atomic mass is 16.5. The molecule has 2 rings (SSSR count). The van der Waals surface area contributed by atoms with Crippen LogP contribution in [0.2, 0.25) is 0 Å². The van der Waals surface area contributed by atoms with Crippen molar-refractivity contribution in [3.05, 3.63) is 17.5 Å². The standard InChI is InChI=1S/C11H18N2O2/c1-9-6-11(13-15-9)8-12-7-10-2-4-14-5-3-10/h6,10,12H,2-5,7-8H2,1H3. The van der Waals surface area contributed by atoms with Gasteiger partial charge in [0.05, 0.1) is 5.69 Å². The molecule has 1 aromatic heterocycles. The molecule has 4 heteroatoms. The van der Waals surface area contributed by atoms with Crippen LogP contribution in [0.5, 0.6) is 0 Å². The van der Waals surface area contributed by atoms with Crippen molar-refractivity contribution in [1.82, 2.24) is 10.5 Å². The number of nitrogens with zero attached hydrogens (tertiary/aromatic N) is 1. The van der Waals surface area contributed by atoms with Gasteiger partial charge >= 0.3 is 0 Å². The normalized spacial score (nSPS) is 18.2. The third kappa shape index (κ3) is 3.32. The molecule has 15 heavy (non-hydrogen) atoms. The third-order valence-electron chi connectivity index (χ3n) is 2.76. The number of rotatable bonds is 4. The number of aromatic nitrogens is 1. The third-order valence-corrected chi connectivity index (χ3v) is 2.76. The summed E-state index contributed by atoms with van der Waals surface area (Å²) < 4.78 is 10.3. The zero-order valence-corrected chi connectivity index (χ0v) is 9.16. The lowest BCUT2D eigenvalue weighted by molar-refractivity contribution is 0.0662. The van der Waals surface area contributed by atoms with Crippen molar-refractivity contribution in [2.75, 3.05) is 19.8 Å². The summed E-state index contributed by atoms with van der Waals surface area (Å²) in [5.41, 5.74) is 0.986. The van der Waals surface area contributed by atoms with Crippen LogP contribution in [-0.4, -0.2) is 24.9 Å². The van der Waals surface area contributed by atoms with Gasteiger partial charge in [-0.2, -0.15) is 0 Å². The Balaban J connectivity index is 1.65. The van der Waals surface area contributed by atoms with E-state index in [9.17, 15) is 0 Å². The van der Waals surface area contributed by atoms with Crippen molar-refractivity contribution in [3.8, 4) is 0 Å². The Hall–Kier alpha value is -0.870. The lowest BCUT2D eigenvalue weighted by atomic mass is 10.0. The molecule has 0 aliphatic carbocycles. The van der Waals surface area contributed by atoms with Gasteiger partial charge in [-0.1, -0.05) is 5.16 Å². The lowest BCUT2D eigenvalue weighted by Gasteiger charge is -2.21. The summed E-state index contributed by atoms with van der Waals surface area (Å²) in [7, 11) is 0. The van der Waals surface area contributed by atoms with E-state index in [-0.39, 0.29) is 0 Å². The van der Waals surface area contributed by atoms with Crippen LogP contribution in [0.4, 0.5) is 0 Å². The topological polar surface area (TPSA) is 47.3 Å². The zero-order valence-electron chi connectivity index (χ0n) is 9.16. The minimum Gasteiger partial charge on any atom is -0.381 e. The SMILES string of the molecule is Cc1cc(CNCC2CCOCC2)no1. The molecule has 1 N–H and O–H groups in total. The van der Waals surface area contributed by atoms with Gasteiger partial charge in [-0.25, -0.2) is 0 Å². The molecule has 0 saturated carbocycles. The summed E-state index contributed by atoms with van der Waals surface area (Å²) in [6, 6.07) is 1.97. The van der Waals surface area contributed by atoms with E-state index in [2.05, 4.69) is 10.5 Å². The second kappa shape index (κ2) is 5.28. The number of ether oxygens (including phenoxy) is 1. The summed E-state index contributed by atoms with van der Waals surface area (Å²) in [5.74, 6) is 1.63. The average Bonchev–Trinajstić information content (AvgIpc) is 2.66. The van der Waals surface area contributed by atoms with E-state index < -0.39 is 0 Å². The van der Waals surface area contributed by atoms with Gasteiger partial charge in [0.15, 0.2) is 0 Å². The molecule has 0 atom stereocenters. The summed E-state index contributed by atoms with van der Waals surface area (Å²) in [6.45, 7) is 5.59. The Kier molecular flexibility index (Phi) is 3.75. The van der Waals surface area contributed by atoms with Crippen LogP contribution in [0.25, 0.3) is 0 Å². The van der Waals surface area contributed by atoms with Gasteiger partial charge in [-0.05, 0) is 32.2 Å². The fraction of sp³-hybridized carbons (Fsp3) is 0.727. The van der Waals surface area contributed by atoms with Crippen LogP contribution in [0.1, 0.15) is 24.3 Å². The first-order chi connectivity index (χ1) is 7.34. The average molecular weight is 210 g/mol. The molecule has 1 fully saturated rings. The smallest absolute Gasteiger partial charge is 0.133 e. The second-order valence-electron chi connectivity index (χ2n) is 4.12. The van der Waals surface area contributed by atoms with E-state index in [0.29, 0.717) is 0 Å². The van der Waals surface area contributed by atoms with Crippen LogP contribution >= 0.6 is 0 Å². The molecule has 0 unspecified atom stereocenters. The van der Waals surface area contributed by atoms with Gasteiger partial charge in [-0.3, -0.25) is 0 Å². The van der Waals surface area contributed by atoms with E-state index >= 15 is 0 Å². The molecule has 1 aromatic rings. The molecule has 4 nitrogen and oxygen atoms in total. The number of nitrogens with one attached hydrogen (secondary N) is 1. The molecular formula is C11H18N2O2. The maximum atomic E-state index is 5.31. The maximum absolute atomic E-state index is 5.31. The molecule has 0 bridgehead atoms. The molecule has 1 aliphatic rings. The van der Waals surface area contributed by atoms with Crippen molar-refractivity contribution >= 4 is 0 Å². The molecule has 0 aromatic carbocycles. The largest absolute Gasteiger partial charge is 0.381 e. The summed E-state index contributed by atoms with van der Waals surface area (Å²) in [6.07, 6.45) is 2.34. The van der Waals surface area contributed by atoms with E-state index in [1.54, 1.807) is 0 Å². The fourth-order valence-corrected chi connectivity index (χ4v) is 1.86. The van der Waals surface area contributed by atoms with Crippen LogP contribution in [0, 0.1) is 12.8 Å². The lowest BCUT2D eigenvalue weighted by Crippen LogP contribution is -2.27. The Morgan fingerprint density at radius 3 is 2.93 bits per heavy atom. The summed E-state index contributed by atoms with van der Waals surface area (Å²) in [5, 5.41) is 7.34. The Bertz CT molecular complexity index is 293. The molecule has 0 amide bonds. The fourth-order valence-electron chi connectivity index (χ4n) is 1.86. The molecule has 84 valence electrons. The van der Waals surface area contributed by atoms with Gasteiger partial charge in [0.1, 0.15) is 5.76 Å². The first kappa shape index (κ1) is 10.6. The quantitative estimate of drug-likeness (QED) is 0.818. The molecule has 2 heterocycles. The van der Waals surface area contributed by atoms with Crippen LogP contribution in [-0.2, 0) is 11.3 Å². The van der Waals surface area contributed by atoms with Gasteiger partial charge in [-0.15, -0.1) is 0 Å². The Labute approximate surface area is 90.0 Å². The van der Waals surface area contributed by atoms with Crippen molar-refractivity contribution in [3.63, 3.8) is 0 Å². The first-order valence-electron chi connectivity index (χ1n) is 5.55. The van der Waals surface area contributed by atoms with Crippen LogP contribution < -0.4 is 5.32 Å². The Morgan fingerprint density at radius 1 is 1.47 bits per heavy atom. The highest BCUT2D eigenvalue weighted by molar-refractivity contribution is 5.02. The monoisotopic (exact) mass is 210 g/mol. The van der Waals surface area contributed by atoms with Gasteiger partial charge < -0.3 is 14.6 Å². The van der Waals surface area contributed by atoms with Crippen molar-refractivity contribution in [2.45, 2.75) is 26.3 Å². The van der Waals surface area contributed by atoms with Gasteiger partial charge in [0.2, 0.25) is 0 Å². The summed E-state index contributed by atoms with van der Waals surface area (Å²) >= 11 is 0. The predicted molar refractivity (Wildman–Crippen MR) is 56.5 cm³/mol. The number of hydrogen-bond acceptors (Lipinski definition) is 4. The van der Waals surface area contributed by atoms with Crippen molar-refractivity contribution < 1.29 is 9.26 Å². The minimum absolute atomic E-state index is 0.756. The van der Waals surface area contributed by atoms with Crippen LogP contribution in [0.15, 0.2) is 10.6 Å². The minimum atomic E-state index is 0.756. The number of hydrogen-bond donors (Lipinski definition) is 1. The summed E-state index contributed by atoms with van der Waals surface area (Å²) in [4.78, 5) is 0. The molecular weight excluding hydrogens is 192 g/mol. The highest BCUT2D eigenvalue weighted by Crippen LogP contribution is 2.13. The van der Waals surface area contributed by atoms with E-state index in [0.717, 1.165) is 43.7 Å². The Morgan fingerprint density at radius 2 is 2.27 bits per heavy atom. The van der Waals surface area contributed by atoms with E-state index in [1.807, 2.05) is 13.0 Å². The molecule has 0 spiro atoms. The van der Waals surface area contributed by atoms with E-state index in [1.165, 1.54) is 12.8 Å². The second-order valence-corrected chi connectivity index (χ2v) is 4.12. The van der Waals surface area contributed by atoms with Gasteiger partial charge in [0, 0.05) is 25.8 Å². The molecule has 1 saturated heterocycles. The highest BCUT2D eigenvalue weighted by Gasteiger charge is 2.13. The van der Waals surface area contributed by atoms with Crippen molar-refractivity contribution in [1.29, 1.82) is 0 Å². The number of aryl methyl sites for hydroxylation is 1. The van der Waals surface area contributed by atoms with Crippen LogP contribution in [0.3, 0.4) is 0 Å². The maximum Gasteiger partial charge on any atom is 0.133 e.